The molecule has 2 amide bonds. The lowest BCUT2D eigenvalue weighted by Gasteiger charge is -2.19. The molecule has 30 heavy (non-hydrogen) atoms. The maximum Gasteiger partial charge on any atom is 0.451 e. The van der Waals surface area contributed by atoms with Crippen LogP contribution < -0.4 is 10.6 Å². The maximum atomic E-state index is 12.7. The van der Waals surface area contributed by atoms with Gasteiger partial charge in [-0.25, -0.2) is 4.98 Å². The highest BCUT2D eigenvalue weighted by atomic mass is 19.4. The van der Waals surface area contributed by atoms with Crippen LogP contribution in [0.3, 0.4) is 0 Å². The number of amides is 2. The van der Waals surface area contributed by atoms with Crippen molar-refractivity contribution in [2.75, 3.05) is 20.3 Å². The van der Waals surface area contributed by atoms with Crippen molar-refractivity contribution >= 4 is 11.8 Å². The van der Waals surface area contributed by atoms with E-state index in [0.717, 1.165) is 4.68 Å². The topological polar surface area (TPSA) is 140 Å². The van der Waals surface area contributed by atoms with Gasteiger partial charge < -0.3 is 15.4 Å². The molecule has 1 atom stereocenters. The number of nitrogens with zero attached hydrogens (tertiary/aromatic N) is 5. The van der Waals surface area contributed by atoms with E-state index < -0.39 is 35.8 Å². The molecule has 0 aliphatic rings. The number of hydrogen-bond donors (Lipinski definition) is 3. The number of hydrogen-bond acceptors (Lipinski definition) is 7. The van der Waals surface area contributed by atoms with E-state index in [1.807, 2.05) is 13.8 Å². The van der Waals surface area contributed by atoms with Gasteiger partial charge in [0.05, 0.1) is 6.61 Å². The number of rotatable bonds is 9. The summed E-state index contributed by atoms with van der Waals surface area (Å²) in [5.74, 6) is -3.00. The minimum atomic E-state index is -4.71. The lowest BCUT2D eigenvalue weighted by atomic mass is 10.0. The Morgan fingerprint density at radius 3 is 2.53 bits per heavy atom. The summed E-state index contributed by atoms with van der Waals surface area (Å²) in [7, 11) is 1.50. The minimum Gasteiger partial charge on any atom is -0.383 e. The number of halogens is 3. The molecule has 0 aliphatic carbocycles. The molecule has 2 heterocycles. The number of carbonyl (C=O) groups excluding carboxylic acids is 2. The first-order valence-corrected chi connectivity index (χ1v) is 9.04. The summed E-state index contributed by atoms with van der Waals surface area (Å²) in [6.07, 6.45) is -4.35. The molecular weight excluding hydrogens is 409 g/mol. The van der Waals surface area contributed by atoms with Gasteiger partial charge in [-0.1, -0.05) is 13.8 Å². The summed E-state index contributed by atoms with van der Waals surface area (Å²) in [4.78, 5) is 32.2. The Bertz CT molecular complexity index is 877. The summed E-state index contributed by atoms with van der Waals surface area (Å²) < 4.78 is 43.9. The lowest BCUT2D eigenvalue weighted by molar-refractivity contribution is -0.144. The molecule has 166 valence electrons. The van der Waals surface area contributed by atoms with Crippen LogP contribution >= 0.6 is 0 Å². The first-order valence-electron chi connectivity index (χ1n) is 9.04. The number of carbonyl (C=O) groups is 2. The van der Waals surface area contributed by atoms with Crippen molar-refractivity contribution in [3.05, 3.63) is 17.5 Å². The summed E-state index contributed by atoms with van der Waals surface area (Å²) in [6, 6.07) is -0.845. The van der Waals surface area contributed by atoms with E-state index in [4.69, 9.17) is 4.74 Å². The highest BCUT2D eigenvalue weighted by molar-refractivity contribution is 5.94. The van der Waals surface area contributed by atoms with Gasteiger partial charge in [0.1, 0.15) is 11.9 Å². The molecule has 11 nitrogen and oxygen atoms in total. The van der Waals surface area contributed by atoms with Crippen molar-refractivity contribution in [3.8, 4) is 5.95 Å². The smallest absolute Gasteiger partial charge is 0.383 e. The van der Waals surface area contributed by atoms with E-state index >= 15 is 0 Å². The van der Waals surface area contributed by atoms with Crippen LogP contribution in [0, 0.1) is 12.8 Å². The van der Waals surface area contributed by atoms with Crippen molar-refractivity contribution in [1.82, 2.24) is 40.6 Å². The normalized spacial score (nSPS) is 12.8. The van der Waals surface area contributed by atoms with E-state index in [-0.39, 0.29) is 24.1 Å². The Kier molecular flexibility index (Phi) is 7.48. The van der Waals surface area contributed by atoms with Gasteiger partial charge in [0, 0.05) is 13.7 Å². The monoisotopic (exact) mass is 432 g/mol. The fourth-order valence-corrected chi connectivity index (χ4v) is 2.48. The molecule has 3 N–H and O–H groups in total. The van der Waals surface area contributed by atoms with Gasteiger partial charge in [0.15, 0.2) is 0 Å². The molecule has 0 aromatic carbocycles. The van der Waals surface area contributed by atoms with Crippen LogP contribution in [0.1, 0.15) is 42.5 Å². The van der Waals surface area contributed by atoms with E-state index in [1.165, 1.54) is 14.0 Å². The molecule has 0 radical (unpaired) electrons. The fraction of sp³-hybridized carbons (Fsp3) is 0.625. The van der Waals surface area contributed by atoms with Gasteiger partial charge in [-0.3, -0.25) is 14.7 Å². The first-order chi connectivity index (χ1) is 14.0. The Labute approximate surface area is 169 Å². The number of methoxy groups -OCH3 is 1. The van der Waals surface area contributed by atoms with Crippen LogP contribution in [0.25, 0.3) is 5.95 Å². The third kappa shape index (κ3) is 5.98. The predicted molar refractivity (Wildman–Crippen MR) is 96.6 cm³/mol. The average molecular weight is 432 g/mol. The Morgan fingerprint density at radius 2 is 1.97 bits per heavy atom. The lowest BCUT2D eigenvalue weighted by Crippen LogP contribution is -2.48. The van der Waals surface area contributed by atoms with Crippen molar-refractivity contribution in [2.24, 2.45) is 5.92 Å². The van der Waals surface area contributed by atoms with Gasteiger partial charge in [0.25, 0.3) is 11.9 Å². The van der Waals surface area contributed by atoms with E-state index in [1.54, 1.807) is 5.10 Å². The fourth-order valence-electron chi connectivity index (χ4n) is 2.48. The number of alkyl halides is 3. The average Bonchev–Trinajstić information content (AvgIpc) is 3.27. The zero-order valence-electron chi connectivity index (χ0n) is 16.9. The summed E-state index contributed by atoms with van der Waals surface area (Å²) in [5.41, 5.74) is 0. The summed E-state index contributed by atoms with van der Waals surface area (Å²) in [5, 5.41) is 14.3. The van der Waals surface area contributed by atoms with Gasteiger partial charge >= 0.3 is 6.18 Å². The van der Waals surface area contributed by atoms with Crippen molar-refractivity contribution in [2.45, 2.75) is 39.4 Å². The highest BCUT2D eigenvalue weighted by Gasteiger charge is 2.36. The predicted octanol–water partition coefficient (Wildman–Crippen LogP) is 0.620. The quantitative estimate of drug-likeness (QED) is 0.494. The minimum absolute atomic E-state index is 0.0952. The van der Waals surface area contributed by atoms with Crippen LogP contribution in [-0.2, 0) is 15.7 Å². The van der Waals surface area contributed by atoms with E-state index in [2.05, 4.69) is 30.8 Å². The molecule has 0 unspecified atom stereocenters. The van der Waals surface area contributed by atoms with E-state index in [9.17, 15) is 22.8 Å². The molecule has 0 fully saturated rings. The van der Waals surface area contributed by atoms with Crippen molar-refractivity contribution < 1.29 is 27.5 Å². The standard InChI is InChI=1S/C16H23F3N8O3/c1-8(2)7-10(12(28)20-5-6-30-4)22-13(29)11-21-9(3)27(26-11)15-23-14(24-25-15)16(17,18)19/h8,10H,5-7H2,1-4H3,(H,20,28)(H,22,29)(H,23,24,25)/t10-/m0/s1. The van der Waals surface area contributed by atoms with Crippen LogP contribution in [0.2, 0.25) is 0 Å². The van der Waals surface area contributed by atoms with E-state index in [0.29, 0.717) is 13.0 Å². The second-order valence-electron chi connectivity index (χ2n) is 6.82. The zero-order chi connectivity index (χ0) is 22.5. The molecule has 14 heteroatoms. The molecule has 0 aliphatic heterocycles. The van der Waals surface area contributed by atoms with Gasteiger partial charge in [0.2, 0.25) is 17.6 Å². The number of ether oxygens (including phenoxy) is 1. The second-order valence-corrected chi connectivity index (χ2v) is 6.82. The number of aryl methyl sites for hydroxylation is 1. The molecule has 0 saturated carbocycles. The van der Waals surface area contributed by atoms with Crippen LogP contribution in [-0.4, -0.2) is 68.1 Å². The molecular formula is C16H23F3N8O3. The molecule has 0 bridgehead atoms. The second kappa shape index (κ2) is 9.65. The highest BCUT2D eigenvalue weighted by Crippen LogP contribution is 2.26. The Morgan fingerprint density at radius 1 is 1.27 bits per heavy atom. The van der Waals surface area contributed by atoms with Gasteiger partial charge in [-0.15, -0.1) is 10.2 Å². The maximum absolute atomic E-state index is 12.7. The van der Waals surface area contributed by atoms with Crippen LogP contribution in [0.5, 0.6) is 0 Å². The largest absolute Gasteiger partial charge is 0.451 e. The molecule has 2 aromatic heterocycles. The Hall–Kier alpha value is -3.03. The van der Waals surface area contributed by atoms with Crippen molar-refractivity contribution in [3.63, 3.8) is 0 Å². The number of nitrogens with one attached hydrogen (secondary N) is 3. The Balaban J connectivity index is 2.16. The number of aromatic amines is 1. The first kappa shape index (κ1) is 23.3. The molecule has 0 saturated heterocycles. The van der Waals surface area contributed by atoms with Crippen LogP contribution in [0.4, 0.5) is 13.2 Å². The van der Waals surface area contributed by atoms with Gasteiger partial charge in [-0.05, 0) is 19.3 Å². The SMILES string of the molecule is COCCNC(=O)[C@H](CC(C)C)NC(=O)c1nc(C)n(-c2n[nH]c(C(F)(F)F)n2)n1. The summed E-state index contributed by atoms with van der Waals surface area (Å²) >= 11 is 0. The summed E-state index contributed by atoms with van der Waals surface area (Å²) in [6.45, 7) is 5.80. The third-order valence-corrected chi connectivity index (χ3v) is 3.84. The number of H-pyrrole nitrogens is 1. The molecule has 0 spiro atoms. The third-order valence-electron chi connectivity index (χ3n) is 3.84. The number of aromatic nitrogens is 6. The molecule has 2 rings (SSSR count). The van der Waals surface area contributed by atoms with Crippen molar-refractivity contribution in [1.29, 1.82) is 0 Å². The zero-order valence-corrected chi connectivity index (χ0v) is 16.9. The molecule has 2 aromatic rings. The van der Waals surface area contributed by atoms with Gasteiger partial charge in [-0.2, -0.15) is 22.8 Å². The van der Waals surface area contributed by atoms with Crippen LogP contribution in [0.15, 0.2) is 0 Å².